The summed E-state index contributed by atoms with van der Waals surface area (Å²) in [5.74, 6) is -0.602. The van der Waals surface area contributed by atoms with Crippen LogP contribution in [0.2, 0.25) is 0 Å². The molecule has 136 valence electrons. The van der Waals surface area contributed by atoms with Crippen LogP contribution >= 0.6 is 0 Å². The van der Waals surface area contributed by atoms with Gasteiger partial charge < -0.3 is 15.5 Å². The highest BCUT2D eigenvalue weighted by Gasteiger charge is 2.21. The SMILES string of the molecule is COC(=O)c1cccc(-c2ccccc2-c2c(C#N)c(N)[nH]c(=O)c2C#N)c1. The van der Waals surface area contributed by atoms with Crippen LogP contribution in [0.5, 0.6) is 0 Å². The number of aromatic nitrogens is 1. The molecule has 28 heavy (non-hydrogen) atoms. The fourth-order valence-corrected chi connectivity index (χ4v) is 3.00. The zero-order valence-corrected chi connectivity index (χ0v) is 14.8. The Morgan fingerprint density at radius 3 is 2.36 bits per heavy atom. The predicted octanol–water partition coefficient (Wildman–Crippen LogP) is 2.82. The van der Waals surface area contributed by atoms with E-state index >= 15 is 0 Å². The maximum atomic E-state index is 12.2. The van der Waals surface area contributed by atoms with Gasteiger partial charge in [0.2, 0.25) is 0 Å². The van der Waals surface area contributed by atoms with E-state index in [0.29, 0.717) is 22.3 Å². The normalized spacial score (nSPS) is 9.96. The quantitative estimate of drug-likeness (QED) is 0.681. The number of carbonyl (C=O) groups is 1. The number of aromatic amines is 1. The Hall–Kier alpha value is -4.36. The Morgan fingerprint density at radius 1 is 1.04 bits per heavy atom. The van der Waals surface area contributed by atoms with Gasteiger partial charge in [0.25, 0.3) is 5.56 Å². The minimum atomic E-state index is -0.674. The monoisotopic (exact) mass is 370 g/mol. The number of esters is 1. The van der Waals surface area contributed by atoms with Gasteiger partial charge in [-0.2, -0.15) is 10.5 Å². The second kappa shape index (κ2) is 7.48. The molecule has 0 aliphatic carbocycles. The van der Waals surface area contributed by atoms with Crippen LogP contribution in [0.25, 0.3) is 22.3 Å². The molecule has 3 rings (SSSR count). The number of rotatable bonds is 3. The molecule has 0 spiro atoms. The second-order valence-corrected chi connectivity index (χ2v) is 5.83. The van der Waals surface area contributed by atoms with E-state index in [1.807, 2.05) is 12.1 Å². The number of nitrogen functional groups attached to an aromatic ring is 1. The van der Waals surface area contributed by atoms with E-state index in [9.17, 15) is 20.1 Å². The van der Waals surface area contributed by atoms with Crippen molar-refractivity contribution in [2.45, 2.75) is 0 Å². The summed E-state index contributed by atoms with van der Waals surface area (Å²) in [5.41, 5.74) is 7.22. The van der Waals surface area contributed by atoms with E-state index in [1.165, 1.54) is 7.11 Å². The molecule has 2 aromatic carbocycles. The van der Waals surface area contributed by atoms with Gasteiger partial charge in [0, 0.05) is 5.56 Å². The van der Waals surface area contributed by atoms with Crippen molar-refractivity contribution in [2.75, 3.05) is 12.8 Å². The van der Waals surface area contributed by atoms with Crippen LogP contribution < -0.4 is 11.3 Å². The first kappa shape index (κ1) is 18.4. The predicted molar refractivity (Wildman–Crippen MR) is 103 cm³/mol. The lowest BCUT2D eigenvalue weighted by molar-refractivity contribution is 0.0601. The molecule has 0 atom stereocenters. The number of H-pyrrole nitrogens is 1. The molecular weight excluding hydrogens is 356 g/mol. The second-order valence-electron chi connectivity index (χ2n) is 5.83. The van der Waals surface area contributed by atoms with Crippen LogP contribution in [-0.4, -0.2) is 18.1 Å². The standard InChI is InChI=1S/C21H14N4O3/c1-28-21(27)13-6-4-5-12(9-13)14-7-2-3-8-15(14)18-16(10-22)19(24)25-20(26)17(18)11-23/h2-9H,1H3,(H3,24,25,26). The van der Waals surface area contributed by atoms with Gasteiger partial charge in [0.05, 0.1) is 12.7 Å². The van der Waals surface area contributed by atoms with E-state index in [-0.39, 0.29) is 22.5 Å². The number of nitrogens with zero attached hydrogens (tertiary/aromatic N) is 2. The van der Waals surface area contributed by atoms with Gasteiger partial charge in [-0.05, 0) is 28.8 Å². The van der Waals surface area contributed by atoms with Crippen molar-refractivity contribution >= 4 is 11.8 Å². The van der Waals surface area contributed by atoms with Crippen molar-refractivity contribution in [3.8, 4) is 34.4 Å². The lowest BCUT2D eigenvalue weighted by Gasteiger charge is -2.14. The third kappa shape index (κ3) is 3.09. The van der Waals surface area contributed by atoms with Gasteiger partial charge in [-0.1, -0.05) is 36.4 Å². The number of ether oxygens (including phenoxy) is 1. The molecule has 7 heteroatoms. The summed E-state index contributed by atoms with van der Waals surface area (Å²) in [6.45, 7) is 0. The fourth-order valence-electron chi connectivity index (χ4n) is 3.00. The Labute approximate surface area is 160 Å². The summed E-state index contributed by atoms with van der Waals surface area (Å²) in [5, 5.41) is 19.1. The van der Waals surface area contributed by atoms with E-state index in [1.54, 1.807) is 48.5 Å². The molecule has 0 unspecified atom stereocenters. The van der Waals surface area contributed by atoms with Crippen molar-refractivity contribution in [1.29, 1.82) is 10.5 Å². The topological polar surface area (TPSA) is 133 Å². The van der Waals surface area contributed by atoms with Gasteiger partial charge in [0.1, 0.15) is 29.1 Å². The van der Waals surface area contributed by atoms with Crippen LogP contribution in [0, 0.1) is 22.7 Å². The minimum absolute atomic E-state index is 0.00715. The Kier molecular flexibility index (Phi) is 4.93. The van der Waals surface area contributed by atoms with Crippen LogP contribution in [0.4, 0.5) is 5.82 Å². The largest absolute Gasteiger partial charge is 0.465 e. The smallest absolute Gasteiger partial charge is 0.337 e. The number of carbonyl (C=O) groups excluding carboxylic acids is 1. The third-order valence-corrected chi connectivity index (χ3v) is 4.26. The van der Waals surface area contributed by atoms with Crippen molar-refractivity contribution < 1.29 is 9.53 Å². The first-order valence-electron chi connectivity index (χ1n) is 8.16. The fraction of sp³-hybridized carbons (Fsp3) is 0.0476. The summed E-state index contributed by atoms with van der Waals surface area (Å²) < 4.78 is 4.76. The Balaban J connectivity index is 2.36. The number of anilines is 1. The van der Waals surface area contributed by atoms with Crippen molar-refractivity contribution in [3.05, 3.63) is 75.6 Å². The van der Waals surface area contributed by atoms with Crippen LogP contribution in [0.3, 0.4) is 0 Å². The van der Waals surface area contributed by atoms with Crippen LogP contribution in [0.1, 0.15) is 21.5 Å². The number of methoxy groups -OCH3 is 1. The highest BCUT2D eigenvalue weighted by atomic mass is 16.5. The molecule has 0 saturated carbocycles. The highest BCUT2D eigenvalue weighted by molar-refractivity contribution is 5.94. The maximum absolute atomic E-state index is 12.2. The van der Waals surface area contributed by atoms with Crippen molar-refractivity contribution in [1.82, 2.24) is 4.98 Å². The molecule has 1 heterocycles. The zero-order valence-electron chi connectivity index (χ0n) is 14.8. The number of pyridine rings is 1. The number of nitriles is 2. The van der Waals surface area contributed by atoms with Crippen molar-refractivity contribution in [2.24, 2.45) is 0 Å². The van der Waals surface area contributed by atoms with Crippen LogP contribution in [0.15, 0.2) is 53.3 Å². The average molecular weight is 370 g/mol. The lowest BCUT2D eigenvalue weighted by atomic mass is 9.89. The van der Waals surface area contributed by atoms with Gasteiger partial charge in [-0.3, -0.25) is 4.79 Å². The molecule has 0 aliphatic rings. The Morgan fingerprint density at radius 2 is 1.71 bits per heavy atom. The summed E-state index contributed by atoms with van der Waals surface area (Å²) in [7, 11) is 1.29. The molecule has 0 fully saturated rings. The van der Waals surface area contributed by atoms with Gasteiger partial charge in [-0.25, -0.2) is 4.79 Å². The first-order valence-corrected chi connectivity index (χ1v) is 8.16. The lowest BCUT2D eigenvalue weighted by Crippen LogP contribution is -2.16. The molecular formula is C21H14N4O3. The molecule has 3 aromatic rings. The molecule has 0 amide bonds. The van der Waals surface area contributed by atoms with Gasteiger partial charge in [0.15, 0.2) is 0 Å². The molecule has 3 N–H and O–H groups in total. The van der Waals surface area contributed by atoms with E-state index in [4.69, 9.17) is 10.5 Å². The minimum Gasteiger partial charge on any atom is -0.465 e. The van der Waals surface area contributed by atoms with Crippen LogP contribution in [-0.2, 0) is 4.74 Å². The van der Waals surface area contributed by atoms with Crippen molar-refractivity contribution in [3.63, 3.8) is 0 Å². The highest BCUT2D eigenvalue weighted by Crippen LogP contribution is 2.36. The average Bonchev–Trinajstić information content (AvgIpc) is 2.72. The molecule has 0 aliphatic heterocycles. The maximum Gasteiger partial charge on any atom is 0.337 e. The summed E-state index contributed by atoms with van der Waals surface area (Å²) >= 11 is 0. The van der Waals surface area contributed by atoms with Gasteiger partial charge >= 0.3 is 5.97 Å². The Bertz CT molecular complexity index is 1230. The molecule has 1 aromatic heterocycles. The van der Waals surface area contributed by atoms with E-state index < -0.39 is 11.5 Å². The molecule has 7 nitrogen and oxygen atoms in total. The summed E-state index contributed by atoms with van der Waals surface area (Å²) in [6, 6.07) is 17.5. The summed E-state index contributed by atoms with van der Waals surface area (Å²) in [4.78, 5) is 26.4. The third-order valence-electron chi connectivity index (χ3n) is 4.26. The van der Waals surface area contributed by atoms with Gasteiger partial charge in [-0.15, -0.1) is 0 Å². The zero-order chi connectivity index (χ0) is 20.3. The molecule has 0 bridgehead atoms. The number of nitrogens with one attached hydrogen (secondary N) is 1. The number of hydrogen-bond donors (Lipinski definition) is 2. The number of benzene rings is 2. The van der Waals surface area contributed by atoms with E-state index in [2.05, 4.69) is 4.98 Å². The molecule has 0 saturated heterocycles. The summed E-state index contributed by atoms with van der Waals surface area (Å²) in [6.07, 6.45) is 0. The van der Waals surface area contributed by atoms with E-state index in [0.717, 1.165) is 0 Å². The number of hydrogen-bond acceptors (Lipinski definition) is 6. The number of nitrogens with two attached hydrogens (primary N) is 1. The first-order chi connectivity index (χ1) is 13.5. The molecule has 0 radical (unpaired) electrons.